The number of primary sulfonamides is 1. The third kappa shape index (κ3) is 5.40. The summed E-state index contributed by atoms with van der Waals surface area (Å²) in [6, 6.07) is 0.946. The van der Waals surface area contributed by atoms with Crippen molar-refractivity contribution in [2.24, 2.45) is 11.1 Å². The van der Waals surface area contributed by atoms with Crippen LogP contribution in [-0.2, 0) is 29.6 Å². The van der Waals surface area contributed by atoms with Crippen LogP contribution in [-0.4, -0.2) is 53.4 Å². The quantitative estimate of drug-likeness (QED) is 0.569. The lowest BCUT2D eigenvalue weighted by atomic mass is 10.1. The number of carbonyl (C=O) groups excluding carboxylic acids is 1. The topological polar surface area (TPSA) is 136 Å². The average molecular weight is 462 g/mol. The molecule has 13 heteroatoms. The molecule has 2 heterocycles. The van der Waals surface area contributed by atoms with Gasteiger partial charge in [-0.05, 0) is 12.6 Å². The van der Waals surface area contributed by atoms with Crippen molar-refractivity contribution in [3.05, 3.63) is 11.6 Å². The van der Waals surface area contributed by atoms with Gasteiger partial charge in [-0.15, -0.1) is 23.7 Å². The molecular formula is C14H24ClN3O6S3. The van der Waals surface area contributed by atoms with Crippen LogP contribution in [0.3, 0.4) is 0 Å². The van der Waals surface area contributed by atoms with E-state index in [2.05, 4.69) is 5.32 Å². The Bertz CT molecular complexity index is 882. The Morgan fingerprint density at radius 2 is 2.11 bits per heavy atom. The molecule has 0 aliphatic carbocycles. The number of ether oxygens (including phenoxy) is 1. The predicted octanol–water partition coefficient (Wildman–Crippen LogP) is 0.671. The minimum atomic E-state index is -4.00. The third-order valence-electron chi connectivity index (χ3n) is 3.83. The fourth-order valence-corrected chi connectivity index (χ4v) is 6.77. The van der Waals surface area contributed by atoms with Gasteiger partial charge in [-0.2, -0.15) is 4.31 Å². The number of halogens is 1. The standard InChI is InChI=1S/C14H23N3O6S3.ClH/c1-4-16-11-8-17(5-6-23-13(18)9(2)3)26(21,22)14-10(11)7-12(24-14)25(15,19)20;/h7,9,11,16H,4-6,8H2,1-3H3,(H2,15,19,20);1H. The van der Waals surface area contributed by atoms with Crippen molar-refractivity contribution in [3.63, 3.8) is 0 Å². The highest BCUT2D eigenvalue weighted by Crippen LogP contribution is 2.39. The van der Waals surface area contributed by atoms with E-state index in [1.807, 2.05) is 6.92 Å². The molecule has 156 valence electrons. The molecule has 0 bridgehead atoms. The van der Waals surface area contributed by atoms with Gasteiger partial charge >= 0.3 is 5.97 Å². The lowest BCUT2D eigenvalue weighted by molar-refractivity contribution is -0.147. The molecule has 0 fully saturated rings. The largest absolute Gasteiger partial charge is 0.464 e. The fraction of sp³-hybridized carbons (Fsp3) is 0.643. The molecule has 27 heavy (non-hydrogen) atoms. The second kappa shape index (κ2) is 9.16. The number of carbonyl (C=O) groups is 1. The predicted molar refractivity (Wildman–Crippen MR) is 104 cm³/mol. The van der Waals surface area contributed by atoms with E-state index in [0.717, 1.165) is 0 Å². The van der Waals surface area contributed by atoms with Gasteiger partial charge in [0.05, 0.1) is 5.92 Å². The van der Waals surface area contributed by atoms with E-state index in [1.54, 1.807) is 13.8 Å². The van der Waals surface area contributed by atoms with Crippen molar-refractivity contribution in [2.45, 2.75) is 35.2 Å². The lowest BCUT2D eigenvalue weighted by Gasteiger charge is -2.32. The summed E-state index contributed by atoms with van der Waals surface area (Å²) in [4.78, 5) is 11.5. The molecular weight excluding hydrogens is 438 g/mol. The van der Waals surface area contributed by atoms with Crippen LogP contribution in [0.15, 0.2) is 14.5 Å². The first-order valence-corrected chi connectivity index (χ1v) is 11.9. The zero-order valence-electron chi connectivity index (χ0n) is 15.2. The van der Waals surface area contributed by atoms with Gasteiger partial charge in [0.1, 0.15) is 15.0 Å². The van der Waals surface area contributed by atoms with Crippen molar-refractivity contribution >= 4 is 49.8 Å². The maximum atomic E-state index is 12.8. The monoisotopic (exact) mass is 461 g/mol. The van der Waals surface area contributed by atoms with Crippen LogP contribution in [0.25, 0.3) is 0 Å². The molecule has 0 saturated heterocycles. The summed E-state index contributed by atoms with van der Waals surface area (Å²) in [7, 11) is -7.89. The molecule has 0 aromatic carbocycles. The summed E-state index contributed by atoms with van der Waals surface area (Å²) in [5.74, 6) is -0.709. The smallest absolute Gasteiger partial charge is 0.308 e. The van der Waals surface area contributed by atoms with E-state index < -0.39 is 26.0 Å². The normalized spacial score (nSPS) is 19.4. The highest BCUT2D eigenvalue weighted by atomic mass is 35.5. The Morgan fingerprint density at radius 1 is 1.48 bits per heavy atom. The van der Waals surface area contributed by atoms with Crippen LogP contribution in [0, 0.1) is 5.92 Å². The number of thiophene rings is 1. The minimum absolute atomic E-state index is 0. The first-order chi connectivity index (χ1) is 12.0. The molecule has 1 unspecified atom stereocenters. The molecule has 1 aromatic rings. The van der Waals surface area contributed by atoms with Gasteiger partial charge in [-0.3, -0.25) is 4.79 Å². The van der Waals surface area contributed by atoms with Gasteiger partial charge < -0.3 is 10.1 Å². The number of likely N-dealkylation sites (N-methyl/N-ethyl adjacent to an activating group) is 1. The average Bonchev–Trinajstić information content (AvgIpc) is 2.98. The van der Waals surface area contributed by atoms with E-state index in [1.165, 1.54) is 10.4 Å². The van der Waals surface area contributed by atoms with E-state index in [4.69, 9.17) is 9.88 Å². The minimum Gasteiger partial charge on any atom is -0.464 e. The Hall–Kier alpha value is -0.760. The summed E-state index contributed by atoms with van der Waals surface area (Å²) >= 11 is 0.637. The molecule has 0 amide bonds. The summed E-state index contributed by atoms with van der Waals surface area (Å²) in [6.07, 6.45) is 0. The first kappa shape index (κ1) is 24.3. The highest BCUT2D eigenvalue weighted by molar-refractivity contribution is 7.94. The van der Waals surface area contributed by atoms with E-state index in [0.29, 0.717) is 23.4 Å². The molecule has 1 aromatic heterocycles. The Balaban J connectivity index is 0.00000364. The first-order valence-electron chi connectivity index (χ1n) is 8.05. The van der Waals surface area contributed by atoms with Crippen molar-refractivity contribution in [1.82, 2.24) is 9.62 Å². The van der Waals surface area contributed by atoms with Gasteiger partial charge in [0.15, 0.2) is 0 Å². The summed E-state index contributed by atoms with van der Waals surface area (Å²) in [6.45, 7) is 5.85. The molecule has 1 aliphatic rings. The van der Waals surface area contributed by atoms with E-state index in [9.17, 15) is 21.6 Å². The van der Waals surface area contributed by atoms with Crippen molar-refractivity contribution < 1.29 is 26.4 Å². The lowest BCUT2D eigenvalue weighted by Crippen LogP contribution is -2.44. The summed E-state index contributed by atoms with van der Waals surface area (Å²) in [5, 5.41) is 8.30. The maximum Gasteiger partial charge on any atom is 0.308 e. The van der Waals surface area contributed by atoms with Gasteiger partial charge in [-0.1, -0.05) is 20.8 Å². The Labute approximate surface area is 169 Å². The van der Waals surface area contributed by atoms with Crippen LogP contribution in [0.1, 0.15) is 32.4 Å². The fourth-order valence-electron chi connectivity index (χ4n) is 2.51. The number of rotatable bonds is 7. The van der Waals surface area contributed by atoms with Crippen LogP contribution < -0.4 is 10.5 Å². The van der Waals surface area contributed by atoms with Crippen LogP contribution in [0.4, 0.5) is 0 Å². The summed E-state index contributed by atoms with van der Waals surface area (Å²) < 4.78 is 54.9. The molecule has 0 spiro atoms. The molecule has 2 rings (SSSR count). The van der Waals surface area contributed by atoms with Gasteiger partial charge in [0.2, 0.25) is 10.0 Å². The SMILES string of the molecule is CCNC1CN(CCOC(=O)C(C)C)S(=O)(=O)c2sc(S(N)(=O)=O)cc21.Cl. The second-order valence-electron chi connectivity index (χ2n) is 6.15. The number of hydrogen-bond acceptors (Lipinski definition) is 8. The molecule has 0 radical (unpaired) electrons. The highest BCUT2D eigenvalue weighted by Gasteiger charge is 2.39. The van der Waals surface area contributed by atoms with E-state index in [-0.39, 0.29) is 52.5 Å². The molecule has 1 atom stereocenters. The van der Waals surface area contributed by atoms with E-state index >= 15 is 0 Å². The van der Waals surface area contributed by atoms with Crippen LogP contribution in [0.5, 0.6) is 0 Å². The Kier molecular flexibility index (Phi) is 8.24. The molecule has 0 saturated carbocycles. The number of sulfonamides is 2. The zero-order valence-corrected chi connectivity index (χ0v) is 18.4. The van der Waals surface area contributed by atoms with Gasteiger partial charge in [-0.25, -0.2) is 22.0 Å². The number of fused-ring (bicyclic) bond motifs is 1. The maximum absolute atomic E-state index is 12.8. The zero-order chi connectivity index (χ0) is 19.7. The van der Waals surface area contributed by atoms with Gasteiger partial charge in [0, 0.05) is 24.7 Å². The number of hydrogen-bond donors (Lipinski definition) is 2. The van der Waals surface area contributed by atoms with Crippen LogP contribution >= 0.6 is 23.7 Å². The second-order valence-corrected chi connectivity index (χ2v) is 11.1. The summed E-state index contributed by atoms with van der Waals surface area (Å²) in [5.41, 5.74) is 0.399. The molecule has 1 aliphatic heterocycles. The van der Waals surface area contributed by atoms with Crippen molar-refractivity contribution in [2.75, 3.05) is 26.2 Å². The number of esters is 1. The number of nitrogens with two attached hydrogens (primary N) is 1. The Morgan fingerprint density at radius 3 is 2.63 bits per heavy atom. The third-order valence-corrected chi connectivity index (χ3v) is 8.79. The van der Waals surface area contributed by atoms with Gasteiger partial charge in [0.25, 0.3) is 10.0 Å². The van der Waals surface area contributed by atoms with Crippen molar-refractivity contribution in [3.8, 4) is 0 Å². The van der Waals surface area contributed by atoms with Crippen LogP contribution in [0.2, 0.25) is 0 Å². The molecule has 9 nitrogen and oxygen atoms in total. The number of nitrogens with one attached hydrogen (secondary N) is 1. The van der Waals surface area contributed by atoms with Crippen molar-refractivity contribution in [1.29, 1.82) is 0 Å². The molecule has 3 N–H and O–H groups in total. The number of nitrogens with zero attached hydrogens (tertiary/aromatic N) is 1.